The van der Waals surface area contributed by atoms with Gasteiger partial charge in [0.2, 0.25) is 5.91 Å². The lowest BCUT2D eigenvalue weighted by atomic mass is 10.0. The van der Waals surface area contributed by atoms with Gasteiger partial charge in [0, 0.05) is 25.7 Å². The van der Waals surface area contributed by atoms with E-state index >= 15 is 0 Å². The molecule has 2 unspecified atom stereocenters. The summed E-state index contributed by atoms with van der Waals surface area (Å²) in [6.45, 7) is 6.45. The van der Waals surface area contributed by atoms with Gasteiger partial charge in [0.1, 0.15) is 0 Å². The highest BCUT2D eigenvalue weighted by molar-refractivity contribution is 5.76. The van der Waals surface area contributed by atoms with Crippen molar-refractivity contribution in [3.8, 4) is 0 Å². The second kappa shape index (κ2) is 7.63. The van der Waals surface area contributed by atoms with Crippen LogP contribution in [-0.2, 0) is 9.53 Å². The van der Waals surface area contributed by atoms with Gasteiger partial charge in [0.25, 0.3) is 0 Å². The molecule has 5 nitrogen and oxygen atoms in total. The molecular weight excluding hydrogens is 220 g/mol. The standard InChI is InChI=1S/C12H24N2O3/c1-9(2)11(3-5-15)14-12(16)7-10-8-13-4-6-17-10/h9-11,13,15H,3-8H2,1-2H3,(H,14,16). The highest BCUT2D eigenvalue weighted by atomic mass is 16.5. The van der Waals surface area contributed by atoms with E-state index in [2.05, 4.69) is 10.6 Å². The fraction of sp³-hybridized carbons (Fsp3) is 0.917. The molecule has 1 rings (SSSR count). The summed E-state index contributed by atoms with van der Waals surface area (Å²) in [5.74, 6) is 0.336. The van der Waals surface area contributed by atoms with Gasteiger partial charge in [0.15, 0.2) is 0 Å². The van der Waals surface area contributed by atoms with Crippen LogP contribution in [0.15, 0.2) is 0 Å². The molecular formula is C12H24N2O3. The van der Waals surface area contributed by atoms with Crippen LogP contribution < -0.4 is 10.6 Å². The van der Waals surface area contributed by atoms with Crippen LogP contribution in [0.25, 0.3) is 0 Å². The Bertz CT molecular complexity index is 228. The van der Waals surface area contributed by atoms with Crippen molar-refractivity contribution in [2.75, 3.05) is 26.3 Å². The van der Waals surface area contributed by atoms with Gasteiger partial charge in [-0.25, -0.2) is 0 Å². The Balaban J connectivity index is 2.30. The fourth-order valence-electron chi connectivity index (χ4n) is 1.93. The average Bonchev–Trinajstić information content (AvgIpc) is 2.29. The average molecular weight is 244 g/mol. The molecule has 2 atom stereocenters. The molecule has 1 aliphatic heterocycles. The number of aliphatic hydroxyl groups excluding tert-OH is 1. The zero-order valence-electron chi connectivity index (χ0n) is 10.7. The molecule has 1 amide bonds. The highest BCUT2D eigenvalue weighted by Crippen LogP contribution is 2.07. The first-order valence-corrected chi connectivity index (χ1v) is 6.36. The zero-order chi connectivity index (χ0) is 12.7. The van der Waals surface area contributed by atoms with Gasteiger partial charge < -0.3 is 20.5 Å². The Labute approximate surface area is 103 Å². The topological polar surface area (TPSA) is 70.6 Å². The number of hydrogen-bond acceptors (Lipinski definition) is 4. The van der Waals surface area contributed by atoms with Crippen molar-refractivity contribution >= 4 is 5.91 Å². The van der Waals surface area contributed by atoms with E-state index in [9.17, 15) is 4.79 Å². The summed E-state index contributed by atoms with van der Waals surface area (Å²) in [7, 11) is 0. The molecule has 3 N–H and O–H groups in total. The van der Waals surface area contributed by atoms with Crippen LogP contribution in [0.5, 0.6) is 0 Å². The van der Waals surface area contributed by atoms with E-state index in [-0.39, 0.29) is 24.7 Å². The maximum Gasteiger partial charge on any atom is 0.222 e. The number of morpholine rings is 1. The first kappa shape index (κ1) is 14.4. The third-order valence-electron chi connectivity index (χ3n) is 3.01. The summed E-state index contributed by atoms with van der Waals surface area (Å²) >= 11 is 0. The van der Waals surface area contributed by atoms with Crippen LogP contribution in [0.1, 0.15) is 26.7 Å². The molecule has 0 aromatic carbocycles. The summed E-state index contributed by atoms with van der Waals surface area (Å²) in [6.07, 6.45) is 0.972. The molecule has 5 heteroatoms. The monoisotopic (exact) mass is 244 g/mol. The molecule has 0 aromatic rings. The van der Waals surface area contributed by atoms with E-state index in [1.165, 1.54) is 0 Å². The van der Waals surface area contributed by atoms with Crippen molar-refractivity contribution in [1.82, 2.24) is 10.6 Å². The molecule has 0 spiro atoms. The van der Waals surface area contributed by atoms with Crippen LogP contribution in [0, 0.1) is 5.92 Å². The minimum atomic E-state index is -0.0225. The Morgan fingerprint density at radius 2 is 2.35 bits per heavy atom. The number of hydrogen-bond donors (Lipinski definition) is 3. The van der Waals surface area contributed by atoms with Gasteiger partial charge in [-0.3, -0.25) is 4.79 Å². The smallest absolute Gasteiger partial charge is 0.222 e. The second-order valence-corrected chi connectivity index (χ2v) is 4.83. The van der Waals surface area contributed by atoms with Crippen LogP contribution in [-0.4, -0.2) is 49.5 Å². The van der Waals surface area contributed by atoms with Crippen LogP contribution >= 0.6 is 0 Å². The van der Waals surface area contributed by atoms with Crippen LogP contribution in [0.2, 0.25) is 0 Å². The number of nitrogens with one attached hydrogen (secondary N) is 2. The van der Waals surface area contributed by atoms with Crippen LogP contribution in [0.4, 0.5) is 0 Å². The highest BCUT2D eigenvalue weighted by Gasteiger charge is 2.20. The first-order chi connectivity index (χ1) is 8.13. The molecule has 0 aliphatic carbocycles. The normalized spacial score (nSPS) is 22.5. The van der Waals surface area contributed by atoms with Crippen molar-refractivity contribution in [3.63, 3.8) is 0 Å². The Kier molecular flexibility index (Phi) is 6.47. The van der Waals surface area contributed by atoms with E-state index in [4.69, 9.17) is 9.84 Å². The molecule has 1 heterocycles. The number of carbonyl (C=O) groups excluding carboxylic acids is 1. The van der Waals surface area contributed by atoms with Gasteiger partial charge in [-0.2, -0.15) is 0 Å². The molecule has 1 aliphatic rings. The maximum absolute atomic E-state index is 11.8. The summed E-state index contributed by atoms with van der Waals surface area (Å²) in [4.78, 5) is 11.8. The Hall–Kier alpha value is -0.650. The number of rotatable bonds is 6. The number of aliphatic hydroxyl groups is 1. The number of ether oxygens (including phenoxy) is 1. The van der Waals surface area contributed by atoms with E-state index in [0.717, 1.165) is 13.1 Å². The zero-order valence-corrected chi connectivity index (χ0v) is 10.7. The third kappa shape index (κ3) is 5.48. The molecule has 0 aromatic heterocycles. The van der Waals surface area contributed by atoms with Crippen LogP contribution in [0.3, 0.4) is 0 Å². The third-order valence-corrected chi connectivity index (χ3v) is 3.01. The van der Waals surface area contributed by atoms with Gasteiger partial charge in [-0.15, -0.1) is 0 Å². The van der Waals surface area contributed by atoms with Gasteiger partial charge in [-0.1, -0.05) is 13.8 Å². The Morgan fingerprint density at radius 1 is 1.59 bits per heavy atom. The Morgan fingerprint density at radius 3 is 2.88 bits per heavy atom. The van der Waals surface area contributed by atoms with Crippen molar-refractivity contribution in [3.05, 3.63) is 0 Å². The van der Waals surface area contributed by atoms with E-state index in [0.29, 0.717) is 25.4 Å². The van der Waals surface area contributed by atoms with Crippen molar-refractivity contribution < 1.29 is 14.6 Å². The van der Waals surface area contributed by atoms with Crippen molar-refractivity contribution in [2.45, 2.75) is 38.8 Å². The van der Waals surface area contributed by atoms with Gasteiger partial charge in [0.05, 0.1) is 19.1 Å². The van der Waals surface area contributed by atoms with Gasteiger partial charge in [-0.05, 0) is 12.3 Å². The molecule has 0 radical (unpaired) electrons. The summed E-state index contributed by atoms with van der Waals surface area (Å²) < 4.78 is 5.48. The predicted octanol–water partition coefficient (Wildman–Crippen LogP) is -0.112. The summed E-state index contributed by atoms with van der Waals surface area (Å²) in [5.41, 5.74) is 0. The largest absolute Gasteiger partial charge is 0.396 e. The maximum atomic E-state index is 11.8. The quantitative estimate of drug-likeness (QED) is 0.609. The molecule has 0 bridgehead atoms. The van der Waals surface area contributed by atoms with E-state index < -0.39 is 0 Å². The molecule has 100 valence electrons. The summed E-state index contributed by atoms with van der Waals surface area (Å²) in [6, 6.07) is 0.0454. The minimum Gasteiger partial charge on any atom is -0.396 e. The molecule has 1 fully saturated rings. The summed E-state index contributed by atoms with van der Waals surface area (Å²) in [5, 5.41) is 15.1. The lowest BCUT2D eigenvalue weighted by Gasteiger charge is -2.26. The molecule has 0 saturated carbocycles. The lowest BCUT2D eigenvalue weighted by Crippen LogP contribution is -2.44. The van der Waals surface area contributed by atoms with E-state index in [1.807, 2.05) is 13.8 Å². The molecule has 17 heavy (non-hydrogen) atoms. The molecule has 1 saturated heterocycles. The van der Waals surface area contributed by atoms with E-state index in [1.54, 1.807) is 0 Å². The van der Waals surface area contributed by atoms with Crippen molar-refractivity contribution in [2.24, 2.45) is 5.92 Å². The van der Waals surface area contributed by atoms with Gasteiger partial charge >= 0.3 is 0 Å². The second-order valence-electron chi connectivity index (χ2n) is 4.83. The number of amides is 1. The first-order valence-electron chi connectivity index (χ1n) is 6.36. The predicted molar refractivity (Wildman–Crippen MR) is 65.7 cm³/mol. The minimum absolute atomic E-state index is 0.00542. The van der Waals surface area contributed by atoms with Crippen molar-refractivity contribution in [1.29, 1.82) is 0 Å². The SMILES string of the molecule is CC(C)C(CCO)NC(=O)CC1CNCCO1. The number of carbonyl (C=O) groups is 1. The fourth-order valence-corrected chi connectivity index (χ4v) is 1.93. The lowest BCUT2D eigenvalue weighted by molar-refractivity contribution is -0.125.